The number of nitrogens with one attached hydrogen (secondary N) is 2. The number of hydrogen-bond acceptors (Lipinski definition) is 5. The van der Waals surface area contributed by atoms with Crippen molar-refractivity contribution in [3.8, 4) is 0 Å². The molecule has 0 aromatic heterocycles. The van der Waals surface area contributed by atoms with Gasteiger partial charge in [-0.3, -0.25) is 4.79 Å². The first-order chi connectivity index (χ1) is 13.9. The van der Waals surface area contributed by atoms with E-state index in [1.165, 1.54) is 0 Å². The number of anilines is 3. The Labute approximate surface area is 178 Å². The minimum atomic E-state index is -0.507. The zero-order chi connectivity index (χ0) is 21.9. The first kappa shape index (κ1) is 20.9. The summed E-state index contributed by atoms with van der Waals surface area (Å²) in [5.74, 6) is -0.175. The van der Waals surface area contributed by atoms with Crippen LogP contribution in [0.5, 0.6) is 0 Å². The fourth-order valence-corrected chi connectivity index (χ4v) is 3.59. The highest BCUT2D eigenvalue weighted by molar-refractivity contribution is 6.62. The lowest BCUT2D eigenvalue weighted by Gasteiger charge is -2.32. The van der Waals surface area contributed by atoms with Gasteiger partial charge in [-0.05, 0) is 63.0 Å². The Hall–Kier alpha value is -2.35. The van der Waals surface area contributed by atoms with Crippen molar-refractivity contribution in [2.45, 2.75) is 58.2 Å². The topological polar surface area (TPSA) is 79.8 Å². The number of aliphatic hydroxyl groups excluding tert-OH is 1. The van der Waals surface area contributed by atoms with Gasteiger partial charge in [-0.1, -0.05) is 26.0 Å². The van der Waals surface area contributed by atoms with Gasteiger partial charge in [0.15, 0.2) is 0 Å². The van der Waals surface area contributed by atoms with Crippen LogP contribution in [-0.2, 0) is 14.7 Å². The van der Waals surface area contributed by atoms with E-state index in [1.807, 2.05) is 71.9 Å². The smallest absolute Gasteiger partial charge is 0.399 e. The van der Waals surface area contributed by atoms with Crippen molar-refractivity contribution >= 4 is 35.6 Å². The molecule has 7 heteroatoms. The molecule has 2 aliphatic rings. The molecule has 0 bridgehead atoms. The molecular weight excluding hydrogens is 379 g/mol. The first-order valence-corrected chi connectivity index (χ1v) is 10.3. The van der Waals surface area contributed by atoms with Crippen molar-refractivity contribution in [3.05, 3.63) is 47.5 Å². The zero-order valence-electron chi connectivity index (χ0n) is 18.4. The van der Waals surface area contributed by atoms with Crippen LogP contribution in [0, 0.1) is 0 Å². The molecule has 6 nitrogen and oxygen atoms in total. The highest BCUT2D eigenvalue weighted by Gasteiger charge is 2.51. The van der Waals surface area contributed by atoms with E-state index in [4.69, 9.17) is 9.31 Å². The molecule has 1 amide bonds. The van der Waals surface area contributed by atoms with Gasteiger partial charge in [-0.2, -0.15) is 0 Å². The normalized spacial score (nSPS) is 19.4. The van der Waals surface area contributed by atoms with Crippen molar-refractivity contribution < 1.29 is 19.2 Å². The van der Waals surface area contributed by atoms with Gasteiger partial charge >= 0.3 is 7.12 Å². The summed E-state index contributed by atoms with van der Waals surface area (Å²) in [5, 5.41) is 16.1. The lowest BCUT2D eigenvalue weighted by molar-refractivity contribution is 0.00578. The Kier molecular flexibility index (Phi) is 4.77. The van der Waals surface area contributed by atoms with Crippen molar-refractivity contribution in [2.75, 3.05) is 17.2 Å². The van der Waals surface area contributed by atoms with Crippen LogP contribution in [0.3, 0.4) is 0 Å². The molecule has 2 heterocycles. The van der Waals surface area contributed by atoms with Crippen molar-refractivity contribution in [1.82, 2.24) is 0 Å². The summed E-state index contributed by atoms with van der Waals surface area (Å²) in [5.41, 5.74) is 3.30. The molecule has 30 heavy (non-hydrogen) atoms. The molecule has 2 aliphatic heterocycles. The van der Waals surface area contributed by atoms with Crippen LogP contribution in [0.15, 0.2) is 36.4 Å². The fourth-order valence-electron chi connectivity index (χ4n) is 3.59. The number of carbonyl (C=O) groups excluding carboxylic acids is 1. The third-order valence-electron chi connectivity index (χ3n) is 6.53. The second kappa shape index (κ2) is 6.84. The average Bonchev–Trinajstić information content (AvgIpc) is 2.81. The molecule has 0 radical (unpaired) electrons. The SMILES string of the molecule is CC(C)(CO)c1ccc2c(c1)Nc1cc(B3OC(C)(C)C(C)(C)O3)ccc1C(=O)N2. The number of amides is 1. The maximum Gasteiger partial charge on any atom is 0.494 e. The molecule has 0 atom stereocenters. The molecule has 0 aliphatic carbocycles. The largest absolute Gasteiger partial charge is 0.494 e. The predicted octanol–water partition coefficient (Wildman–Crippen LogP) is 3.57. The van der Waals surface area contributed by atoms with Crippen LogP contribution < -0.4 is 16.1 Å². The lowest BCUT2D eigenvalue weighted by Crippen LogP contribution is -2.41. The Morgan fingerprint density at radius 1 is 0.933 bits per heavy atom. The van der Waals surface area contributed by atoms with Crippen molar-refractivity contribution in [1.29, 1.82) is 0 Å². The lowest BCUT2D eigenvalue weighted by atomic mass is 9.78. The van der Waals surface area contributed by atoms with E-state index in [9.17, 15) is 9.90 Å². The quantitative estimate of drug-likeness (QED) is 0.677. The molecular formula is C23H29BN2O4. The van der Waals surface area contributed by atoms with Crippen LogP contribution in [0.4, 0.5) is 17.1 Å². The Bertz CT molecular complexity index is 1000. The second-order valence-corrected chi connectivity index (χ2v) is 9.77. The summed E-state index contributed by atoms with van der Waals surface area (Å²) in [6, 6.07) is 11.4. The third kappa shape index (κ3) is 3.41. The molecule has 2 aromatic rings. The monoisotopic (exact) mass is 408 g/mol. The van der Waals surface area contributed by atoms with Gasteiger partial charge in [0.05, 0.1) is 40.4 Å². The average molecular weight is 408 g/mol. The highest BCUT2D eigenvalue weighted by atomic mass is 16.7. The molecule has 158 valence electrons. The molecule has 0 spiro atoms. The number of benzene rings is 2. The van der Waals surface area contributed by atoms with Crippen LogP contribution in [0.1, 0.15) is 57.5 Å². The molecule has 4 rings (SSSR count). The van der Waals surface area contributed by atoms with E-state index >= 15 is 0 Å². The standard InChI is InChI=1S/C23H29BN2O4/c1-21(2,13-27)14-7-10-17-19(11-14)25-18-12-15(8-9-16(18)20(28)26-17)24-29-22(3,4)23(5,6)30-24/h7-12,25,27H,13H2,1-6H3,(H,26,28). The van der Waals surface area contributed by atoms with Gasteiger partial charge in [-0.25, -0.2) is 0 Å². The summed E-state index contributed by atoms with van der Waals surface area (Å²) >= 11 is 0. The third-order valence-corrected chi connectivity index (χ3v) is 6.53. The number of fused-ring (bicyclic) bond motifs is 2. The molecule has 0 unspecified atom stereocenters. The Balaban J connectivity index is 1.72. The Morgan fingerprint density at radius 3 is 2.23 bits per heavy atom. The van der Waals surface area contributed by atoms with Gasteiger partial charge in [0.25, 0.3) is 5.91 Å². The van der Waals surface area contributed by atoms with E-state index < -0.39 is 18.3 Å². The first-order valence-electron chi connectivity index (χ1n) is 10.3. The maximum atomic E-state index is 12.8. The number of aliphatic hydroxyl groups is 1. The van der Waals surface area contributed by atoms with Crippen LogP contribution in [0.25, 0.3) is 0 Å². The van der Waals surface area contributed by atoms with Crippen LogP contribution in [-0.4, -0.2) is 35.9 Å². The predicted molar refractivity (Wildman–Crippen MR) is 120 cm³/mol. The number of carbonyl (C=O) groups is 1. The van der Waals surface area contributed by atoms with Gasteiger partial charge in [0.1, 0.15) is 0 Å². The maximum absolute atomic E-state index is 12.8. The van der Waals surface area contributed by atoms with Crippen LogP contribution >= 0.6 is 0 Å². The fraction of sp³-hybridized carbons (Fsp3) is 0.435. The van der Waals surface area contributed by atoms with Crippen molar-refractivity contribution in [2.24, 2.45) is 0 Å². The van der Waals surface area contributed by atoms with Crippen LogP contribution in [0.2, 0.25) is 0 Å². The number of rotatable bonds is 3. The van der Waals surface area contributed by atoms with Gasteiger partial charge < -0.3 is 25.0 Å². The van der Waals surface area contributed by atoms with E-state index in [2.05, 4.69) is 10.6 Å². The van der Waals surface area contributed by atoms with E-state index in [0.29, 0.717) is 16.9 Å². The summed E-state index contributed by atoms with van der Waals surface area (Å²) in [4.78, 5) is 12.8. The highest BCUT2D eigenvalue weighted by Crippen LogP contribution is 2.38. The molecule has 3 N–H and O–H groups in total. The molecule has 2 aromatic carbocycles. The van der Waals surface area contributed by atoms with E-state index in [1.54, 1.807) is 6.07 Å². The summed E-state index contributed by atoms with van der Waals surface area (Å²) in [6.07, 6.45) is 0. The van der Waals surface area contributed by atoms with Crippen molar-refractivity contribution in [3.63, 3.8) is 0 Å². The molecule has 0 saturated carbocycles. The second-order valence-electron chi connectivity index (χ2n) is 9.77. The van der Waals surface area contributed by atoms with Gasteiger partial charge in [0, 0.05) is 5.41 Å². The van der Waals surface area contributed by atoms with Gasteiger partial charge in [-0.15, -0.1) is 0 Å². The summed E-state index contributed by atoms with van der Waals surface area (Å²) in [6.45, 7) is 12.1. The van der Waals surface area contributed by atoms with Gasteiger partial charge in [0.2, 0.25) is 0 Å². The van der Waals surface area contributed by atoms with E-state index in [-0.39, 0.29) is 17.9 Å². The minimum Gasteiger partial charge on any atom is -0.399 e. The zero-order valence-corrected chi connectivity index (χ0v) is 18.4. The Morgan fingerprint density at radius 2 is 1.60 bits per heavy atom. The summed E-state index contributed by atoms with van der Waals surface area (Å²) in [7, 11) is -0.507. The molecule has 1 fully saturated rings. The molecule has 1 saturated heterocycles. The van der Waals surface area contributed by atoms with E-state index in [0.717, 1.165) is 16.7 Å². The summed E-state index contributed by atoms with van der Waals surface area (Å²) < 4.78 is 12.3. The minimum absolute atomic E-state index is 0.0286. The number of hydrogen-bond donors (Lipinski definition) is 3.